The van der Waals surface area contributed by atoms with Gasteiger partial charge in [0.05, 0.1) is 10.7 Å². The van der Waals surface area contributed by atoms with Crippen LogP contribution in [-0.2, 0) is 5.41 Å². The van der Waals surface area contributed by atoms with Crippen LogP contribution in [0.1, 0.15) is 36.0 Å². The summed E-state index contributed by atoms with van der Waals surface area (Å²) in [5.41, 5.74) is 1.80. The number of carboxylic acids is 1. The summed E-state index contributed by atoms with van der Waals surface area (Å²) in [5.74, 6) is -0.928. The van der Waals surface area contributed by atoms with Gasteiger partial charge < -0.3 is 9.83 Å². The minimum atomic E-state index is -0.928. The van der Waals surface area contributed by atoms with Crippen molar-refractivity contribution in [2.24, 2.45) is 0 Å². The molecule has 0 aliphatic heterocycles. The molecule has 2 rings (SSSR count). The Balaban J connectivity index is 2.14. The maximum Gasteiger partial charge on any atom is 0.348 e. The lowest BCUT2D eigenvalue weighted by molar-refractivity contribution is 0.0703. The lowest BCUT2D eigenvalue weighted by Gasteiger charge is -2.20. The highest BCUT2D eigenvalue weighted by atomic mass is 35.5. The molecule has 0 aliphatic carbocycles. The van der Waals surface area contributed by atoms with Gasteiger partial charge in [-0.2, -0.15) is 0 Å². The molecule has 1 aromatic heterocycles. The topological polar surface area (TPSA) is 49.3 Å². The van der Waals surface area contributed by atoms with Crippen molar-refractivity contribution in [3.8, 4) is 0 Å². The highest BCUT2D eigenvalue weighted by Gasteiger charge is 2.16. The third-order valence-corrected chi connectivity index (χ3v) is 5.15. The van der Waals surface area contributed by atoms with E-state index < -0.39 is 5.97 Å². The quantitative estimate of drug-likeness (QED) is 0.719. The van der Waals surface area contributed by atoms with Gasteiger partial charge in [-0.15, -0.1) is 11.3 Å². The number of hydrogen-bond acceptors (Lipinski definition) is 4. The number of carbonyl (C=O) groups is 1. The van der Waals surface area contributed by atoms with Crippen LogP contribution in [0.15, 0.2) is 34.5 Å². The summed E-state index contributed by atoms with van der Waals surface area (Å²) in [5, 5.41) is 11.5. The van der Waals surface area contributed by atoms with Crippen LogP contribution in [0.5, 0.6) is 0 Å². The molecule has 0 unspecified atom stereocenters. The molecule has 0 fully saturated rings. The second-order valence-corrected chi connectivity index (χ2v) is 7.74. The van der Waals surface area contributed by atoms with Crippen molar-refractivity contribution in [2.75, 3.05) is 4.72 Å². The first-order chi connectivity index (χ1) is 9.79. The molecule has 0 radical (unpaired) electrons. The van der Waals surface area contributed by atoms with Crippen LogP contribution in [0.3, 0.4) is 0 Å². The Bertz CT molecular complexity index is 662. The number of halogens is 1. The predicted molar refractivity (Wildman–Crippen MR) is 90.9 cm³/mol. The zero-order valence-electron chi connectivity index (χ0n) is 11.9. The normalized spacial score (nSPS) is 11.4. The van der Waals surface area contributed by atoms with E-state index in [0.717, 1.165) is 4.90 Å². The molecule has 2 N–H and O–H groups in total. The van der Waals surface area contributed by atoms with Crippen LogP contribution in [-0.4, -0.2) is 11.1 Å². The average Bonchev–Trinajstić information content (AvgIpc) is 2.84. The summed E-state index contributed by atoms with van der Waals surface area (Å²) in [4.78, 5) is 12.2. The maximum absolute atomic E-state index is 11.1. The molecule has 0 atom stereocenters. The summed E-state index contributed by atoms with van der Waals surface area (Å²) >= 11 is 8.81. The Hall–Kier alpha value is -1.17. The van der Waals surface area contributed by atoms with Gasteiger partial charge in [-0.3, -0.25) is 0 Å². The van der Waals surface area contributed by atoms with Crippen LogP contribution >= 0.6 is 34.9 Å². The Morgan fingerprint density at radius 3 is 2.62 bits per heavy atom. The molecule has 0 aliphatic rings. The molecule has 0 saturated carbocycles. The molecule has 1 heterocycles. The second-order valence-electron chi connectivity index (χ2n) is 5.57. The Labute approximate surface area is 137 Å². The van der Waals surface area contributed by atoms with Crippen molar-refractivity contribution in [3.05, 3.63) is 45.1 Å². The summed E-state index contributed by atoms with van der Waals surface area (Å²) in [6.07, 6.45) is 0. The van der Waals surface area contributed by atoms with E-state index in [-0.39, 0.29) is 5.41 Å². The smallest absolute Gasteiger partial charge is 0.348 e. The maximum atomic E-state index is 11.1. The standard InChI is InChI=1S/C15H16ClNO2S2/c1-15(2,3)9-4-5-12(10(16)8-9)21-17-11-6-7-20-13(11)14(18)19/h4-8,17H,1-3H3,(H,18,19). The molecule has 21 heavy (non-hydrogen) atoms. The van der Waals surface area contributed by atoms with E-state index in [1.807, 2.05) is 18.2 Å². The monoisotopic (exact) mass is 341 g/mol. The van der Waals surface area contributed by atoms with Crippen LogP contribution in [0, 0.1) is 0 Å². The number of nitrogens with one attached hydrogen (secondary N) is 1. The third kappa shape index (κ3) is 3.93. The summed E-state index contributed by atoms with van der Waals surface area (Å²) in [7, 11) is 0. The summed E-state index contributed by atoms with van der Waals surface area (Å²) in [6, 6.07) is 7.70. The van der Waals surface area contributed by atoms with Crippen molar-refractivity contribution in [1.82, 2.24) is 0 Å². The van der Waals surface area contributed by atoms with Gasteiger partial charge in [0.15, 0.2) is 0 Å². The van der Waals surface area contributed by atoms with Crippen molar-refractivity contribution < 1.29 is 9.90 Å². The highest BCUT2D eigenvalue weighted by Crippen LogP contribution is 2.34. The number of thiophene rings is 1. The number of rotatable bonds is 4. The van der Waals surface area contributed by atoms with Crippen molar-refractivity contribution in [3.63, 3.8) is 0 Å². The lowest BCUT2D eigenvalue weighted by atomic mass is 9.87. The number of anilines is 1. The summed E-state index contributed by atoms with van der Waals surface area (Å²) in [6.45, 7) is 6.40. The van der Waals surface area contributed by atoms with E-state index in [1.54, 1.807) is 11.4 Å². The SMILES string of the molecule is CC(C)(C)c1ccc(SNc2ccsc2C(=O)O)c(Cl)c1. The zero-order valence-corrected chi connectivity index (χ0v) is 14.3. The van der Waals surface area contributed by atoms with Gasteiger partial charge in [0.25, 0.3) is 0 Å². The minimum Gasteiger partial charge on any atom is -0.477 e. The molecule has 0 spiro atoms. The molecule has 1 aromatic carbocycles. The fourth-order valence-electron chi connectivity index (χ4n) is 1.72. The van der Waals surface area contributed by atoms with Gasteiger partial charge >= 0.3 is 5.97 Å². The Kier molecular flexibility index (Phi) is 4.86. The molecule has 3 nitrogen and oxygen atoms in total. The highest BCUT2D eigenvalue weighted by molar-refractivity contribution is 8.00. The number of aromatic carboxylic acids is 1. The van der Waals surface area contributed by atoms with Crippen molar-refractivity contribution in [2.45, 2.75) is 31.1 Å². The fourth-order valence-corrected chi connectivity index (χ4v) is 3.45. The number of carboxylic acid groups (broad SMARTS) is 1. The Morgan fingerprint density at radius 2 is 2.05 bits per heavy atom. The van der Waals surface area contributed by atoms with Crippen LogP contribution < -0.4 is 4.72 Å². The molecular weight excluding hydrogens is 326 g/mol. The van der Waals surface area contributed by atoms with Crippen molar-refractivity contribution in [1.29, 1.82) is 0 Å². The second kappa shape index (κ2) is 6.30. The first kappa shape index (κ1) is 16.2. The van der Waals surface area contributed by atoms with Gasteiger partial charge in [-0.1, -0.05) is 38.4 Å². The van der Waals surface area contributed by atoms with E-state index in [4.69, 9.17) is 16.7 Å². The van der Waals surface area contributed by atoms with Crippen LogP contribution in [0.4, 0.5) is 5.69 Å². The van der Waals surface area contributed by atoms with E-state index in [1.165, 1.54) is 28.8 Å². The molecule has 112 valence electrons. The van der Waals surface area contributed by atoms with Gasteiger partial charge in [-0.05, 0) is 46.5 Å². The lowest BCUT2D eigenvalue weighted by Crippen LogP contribution is -2.10. The molecular formula is C15H16ClNO2S2. The third-order valence-electron chi connectivity index (χ3n) is 2.93. The Morgan fingerprint density at radius 1 is 1.33 bits per heavy atom. The molecule has 0 bridgehead atoms. The zero-order chi connectivity index (χ0) is 15.6. The van der Waals surface area contributed by atoms with E-state index in [9.17, 15) is 4.79 Å². The predicted octanol–water partition coefficient (Wildman–Crippen LogP) is 5.52. The molecule has 0 amide bonds. The first-order valence-corrected chi connectivity index (χ1v) is 8.40. The van der Waals surface area contributed by atoms with E-state index in [2.05, 4.69) is 25.5 Å². The molecule has 0 saturated heterocycles. The largest absolute Gasteiger partial charge is 0.477 e. The van der Waals surface area contributed by atoms with E-state index >= 15 is 0 Å². The fraction of sp³-hybridized carbons (Fsp3) is 0.267. The summed E-state index contributed by atoms with van der Waals surface area (Å²) < 4.78 is 3.05. The average molecular weight is 342 g/mol. The van der Waals surface area contributed by atoms with Gasteiger partial charge in [0.1, 0.15) is 4.88 Å². The van der Waals surface area contributed by atoms with Crippen molar-refractivity contribution >= 4 is 46.5 Å². The van der Waals surface area contributed by atoms with E-state index in [0.29, 0.717) is 15.6 Å². The molecule has 6 heteroatoms. The van der Waals surface area contributed by atoms with Gasteiger partial charge in [0.2, 0.25) is 0 Å². The number of hydrogen-bond donors (Lipinski definition) is 2. The molecule has 2 aromatic rings. The number of benzene rings is 1. The first-order valence-electron chi connectivity index (χ1n) is 6.32. The van der Waals surface area contributed by atoms with Gasteiger partial charge in [-0.25, -0.2) is 4.79 Å². The van der Waals surface area contributed by atoms with Gasteiger partial charge in [0, 0.05) is 4.90 Å². The van der Waals surface area contributed by atoms with Crippen LogP contribution in [0.2, 0.25) is 5.02 Å². The van der Waals surface area contributed by atoms with Crippen LogP contribution in [0.25, 0.3) is 0 Å². The minimum absolute atomic E-state index is 0.0457.